The Labute approximate surface area is 218 Å². The summed E-state index contributed by atoms with van der Waals surface area (Å²) in [5, 5.41) is 3.52. The maximum absolute atomic E-state index is 13.3. The summed E-state index contributed by atoms with van der Waals surface area (Å²) in [6.07, 6.45) is 1.11. The molecule has 0 bridgehead atoms. The molecule has 1 aliphatic rings. The van der Waals surface area contributed by atoms with E-state index in [-0.39, 0.29) is 17.1 Å². The molecule has 1 aliphatic heterocycles. The summed E-state index contributed by atoms with van der Waals surface area (Å²) in [5.41, 5.74) is 7.51. The van der Waals surface area contributed by atoms with Gasteiger partial charge in [-0.2, -0.15) is 13.2 Å². The summed E-state index contributed by atoms with van der Waals surface area (Å²) < 4.78 is 39.8. The van der Waals surface area contributed by atoms with Gasteiger partial charge >= 0.3 is 6.18 Å². The number of aromatic nitrogens is 5. The lowest BCUT2D eigenvalue weighted by molar-refractivity contribution is -0.137. The molecule has 38 heavy (non-hydrogen) atoms. The van der Waals surface area contributed by atoms with E-state index in [2.05, 4.69) is 53.9 Å². The molecule has 12 heteroatoms. The maximum Gasteiger partial charge on any atom is 0.417 e. The molecule has 4 aromatic heterocycles. The zero-order chi connectivity index (χ0) is 27.0. The fourth-order valence-corrected chi connectivity index (χ4v) is 4.62. The van der Waals surface area contributed by atoms with Crippen LogP contribution in [-0.4, -0.2) is 62.0 Å². The van der Waals surface area contributed by atoms with Crippen molar-refractivity contribution < 1.29 is 13.2 Å². The third-order valence-corrected chi connectivity index (χ3v) is 6.92. The molecule has 0 amide bonds. The van der Waals surface area contributed by atoms with Gasteiger partial charge in [-0.1, -0.05) is 6.07 Å². The summed E-state index contributed by atoms with van der Waals surface area (Å²) in [6, 6.07) is 5.45. The molecule has 5 heterocycles. The van der Waals surface area contributed by atoms with Crippen molar-refractivity contribution in [1.29, 1.82) is 0 Å². The Kier molecular flexibility index (Phi) is 6.82. The van der Waals surface area contributed by atoms with Gasteiger partial charge in [-0.15, -0.1) is 0 Å². The number of rotatable bonds is 6. The predicted molar refractivity (Wildman–Crippen MR) is 142 cm³/mol. The number of pyridine rings is 2. The van der Waals surface area contributed by atoms with E-state index in [4.69, 9.17) is 5.73 Å². The van der Waals surface area contributed by atoms with Crippen LogP contribution < -0.4 is 16.0 Å². The highest BCUT2D eigenvalue weighted by Gasteiger charge is 2.31. The van der Waals surface area contributed by atoms with Crippen molar-refractivity contribution in [3.8, 4) is 11.3 Å². The standard InChI is InChI=1S/C26H30F3N9/c1-15(2)37-6-8-38(9-7-37)22-5-4-17(11-31-22)16(3)35-25-34-14-21(30)23(36-25)20-13-33-24-19(20)10-18(12-32-24)26(27,28)29/h4-5,10-16H,6-9,30H2,1-3H3,(H,32,33)(H,34,35,36)/t16-/m1/s1. The summed E-state index contributed by atoms with van der Waals surface area (Å²) in [4.78, 5) is 25.0. The summed E-state index contributed by atoms with van der Waals surface area (Å²) >= 11 is 0. The van der Waals surface area contributed by atoms with Crippen LogP contribution in [0.1, 0.15) is 37.9 Å². The van der Waals surface area contributed by atoms with Crippen LogP contribution in [0, 0.1) is 0 Å². The number of nitrogens with two attached hydrogens (primary N) is 1. The number of anilines is 3. The average molecular weight is 526 g/mol. The van der Waals surface area contributed by atoms with Gasteiger partial charge in [0.15, 0.2) is 0 Å². The number of aromatic amines is 1. The monoisotopic (exact) mass is 525 g/mol. The minimum atomic E-state index is -4.51. The van der Waals surface area contributed by atoms with Crippen LogP contribution in [0.15, 0.2) is 43.0 Å². The third-order valence-electron chi connectivity index (χ3n) is 6.92. The molecule has 0 aromatic carbocycles. The number of halogens is 3. The van der Waals surface area contributed by atoms with Crippen LogP contribution in [0.5, 0.6) is 0 Å². The summed E-state index contributed by atoms with van der Waals surface area (Å²) in [7, 11) is 0. The predicted octanol–water partition coefficient (Wildman–Crippen LogP) is 4.72. The first kappa shape index (κ1) is 25.7. The lowest BCUT2D eigenvalue weighted by atomic mass is 10.1. The van der Waals surface area contributed by atoms with E-state index >= 15 is 0 Å². The van der Waals surface area contributed by atoms with E-state index in [1.54, 1.807) is 6.20 Å². The normalized spacial score (nSPS) is 15.8. The highest BCUT2D eigenvalue weighted by atomic mass is 19.4. The molecule has 1 saturated heterocycles. The van der Waals surface area contributed by atoms with Crippen molar-refractivity contribution in [2.75, 3.05) is 42.1 Å². The van der Waals surface area contributed by atoms with Crippen LogP contribution >= 0.6 is 0 Å². The topological polar surface area (TPSA) is 112 Å². The van der Waals surface area contributed by atoms with Crippen molar-refractivity contribution in [3.63, 3.8) is 0 Å². The van der Waals surface area contributed by atoms with E-state index in [0.717, 1.165) is 49.8 Å². The van der Waals surface area contributed by atoms with Gasteiger partial charge in [0.25, 0.3) is 0 Å². The molecule has 0 radical (unpaired) electrons. The van der Waals surface area contributed by atoms with Gasteiger partial charge in [-0.3, -0.25) is 4.90 Å². The maximum atomic E-state index is 13.3. The fourth-order valence-electron chi connectivity index (χ4n) is 4.62. The molecule has 4 aromatic rings. The number of fused-ring (bicyclic) bond motifs is 1. The highest BCUT2D eigenvalue weighted by molar-refractivity contribution is 5.95. The minimum Gasteiger partial charge on any atom is -0.396 e. The first-order valence-electron chi connectivity index (χ1n) is 12.5. The Morgan fingerprint density at radius 2 is 1.76 bits per heavy atom. The number of nitrogens with one attached hydrogen (secondary N) is 2. The Balaban J connectivity index is 1.33. The minimum absolute atomic E-state index is 0.174. The van der Waals surface area contributed by atoms with Crippen molar-refractivity contribution in [2.45, 2.75) is 39.0 Å². The number of nitrogen functional groups attached to an aromatic ring is 1. The zero-order valence-corrected chi connectivity index (χ0v) is 21.4. The van der Waals surface area contributed by atoms with Crippen LogP contribution in [0.25, 0.3) is 22.3 Å². The molecule has 0 spiro atoms. The molecule has 5 rings (SSSR count). The average Bonchev–Trinajstić information content (AvgIpc) is 3.32. The van der Waals surface area contributed by atoms with Crippen LogP contribution in [0.4, 0.5) is 30.6 Å². The van der Waals surface area contributed by atoms with Crippen LogP contribution in [-0.2, 0) is 6.18 Å². The quantitative estimate of drug-likeness (QED) is 0.332. The van der Waals surface area contributed by atoms with E-state index < -0.39 is 11.7 Å². The lowest BCUT2D eigenvalue weighted by Gasteiger charge is -2.37. The fraction of sp³-hybridized carbons (Fsp3) is 0.385. The molecule has 1 fully saturated rings. The first-order chi connectivity index (χ1) is 18.1. The molecule has 4 N–H and O–H groups in total. The van der Waals surface area contributed by atoms with Gasteiger partial charge in [0.05, 0.1) is 23.5 Å². The molecule has 9 nitrogen and oxygen atoms in total. The van der Waals surface area contributed by atoms with Gasteiger partial charge < -0.3 is 20.9 Å². The van der Waals surface area contributed by atoms with Gasteiger partial charge in [-0.25, -0.2) is 19.9 Å². The second-order valence-corrected chi connectivity index (χ2v) is 9.75. The Hall–Kier alpha value is -3.93. The van der Waals surface area contributed by atoms with E-state index in [1.165, 1.54) is 6.20 Å². The number of nitrogens with zero attached hydrogens (tertiary/aromatic N) is 6. The summed E-state index contributed by atoms with van der Waals surface area (Å²) in [6.45, 7) is 10.3. The Morgan fingerprint density at radius 1 is 1.00 bits per heavy atom. The second-order valence-electron chi connectivity index (χ2n) is 9.75. The Bertz CT molecular complexity index is 1410. The number of hydrogen-bond donors (Lipinski definition) is 3. The number of alkyl halides is 3. The van der Waals surface area contributed by atoms with Gasteiger partial charge in [0, 0.05) is 61.8 Å². The molecule has 0 unspecified atom stereocenters. The van der Waals surface area contributed by atoms with E-state index in [0.29, 0.717) is 28.9 Å². The SMILES string of the molecule is CC(C)N1CCN(c2ccc([C@@H](C)Nc3ncc(N)c(-c4c[nH]c5ncc(C(F)(F)F)cc45)n3)cn2)CC1. The number of piperazine rings is 1. The summed E-state index contributed by atoms with van der Waals surface area (Å²) in [5.74, 6) is 1.24. The van der Waals surface area contributed by atoms with Gasteiger partial charge in [0.1, 0.15) is 17.2 Å². The first-order valence-corrected chi connectivity index (χ1v) is 12.5. The van der Waals surface area contributed by atoms with Gasteiger partial charge in [-0.05, 0) is 38.5 Å². The molecule has 0 saturated carbocycles. The van der Waals surface area contributed by atoms with E-state index in [9.17, 15) is 13.2 Å². The van der Waals surface area contributed by atoms with Crippen molar-refractivity contribution in [2.24, 2.45) is 0 Å². The number of hydrogen-bond acceptors (Lipinski definition) is 8. The lowest BCUT2D eigenvalue weighted by Crippen LogP contribution is -2.49. The third kappa shape index (κ3) is 5.21. The van der Waals surface area contributed by atoms with Crippen LogP contribution in [0.3, 0.4) is 0 Å². The van der Waals surface area contributed by atoms with Crippen molar-refractivity contribution >= 4 is 28.5 Å². The van der Waals surface area contributed by atoms with E-state index in [1.807, 2.05) is 25.3 Å². The second kappa shape index (κ2) is 10.1. The molecule has 1 atom stereocenters. The van der Waals surface area contributed by atoms with Crippen LogP contribution in [0.2, 0.25) is 0 Å². The highest BCUT2D eigenvalue weighted by Crippen LogP contribution is 2.35. The molecular weight excluding hydrogens is 495 g/mol. The Morgan fingerprint density at radius 3 is 2.42 bits per heavy atom. The van der Waals surface area contributed by atoms with Gasteiger partial charge in [0.2, 0.25) is 5.95 Å². The smallest absolute Gasteiger partial charge is 0.396 e. The molecule has 0 aliphatic carbocycles. The molecular formula is C26H30F3N9. The van der Waals surface area contributed by atoms with Crippen molar-refractivity contribution in [1.82, 2.24) is 29.8 Å². The largest absolute Gasteiger partial charge is 0.417 e. The molecule has 200 valence electrons. The zero-order valence-electron chi connectivity index (χ0n) is 21.4. The van der Waals surface area contributed by atoms with Crippen molar-refractivity contribution in [3.05, 3.63) is 54.1 Å². The number of H-pyrrole nitrogens is 1.